The second-order valence-electron chi connectivity index (χ2n) is 9.35. The van der Waals surface area contributed by atoms with Gasteiger partial charge in [-0.15, -0.1) is 0 Å². The number of amides is 2. The fraction of sp³-hybridized carbons (Fsp3) is 0.393. The maximum absolute atomic E-state index is 12.6. The second kappa shape index (κ2) is 14.0. The molecule has 1 fully saturated rings. The van der Waals surface area contributed by atoms with Crippen molar-refractivity contribution in [3.63, 3.8) is 0 Å². The minimum atomic E-state index is -0.355. The Bertz CT molecular complexity index is 1240. The maximum atomic E-state index is 12.6. The number of ether oxygens (including phenoxy) is 2. The molecule has 208 valence electrons. The Morgan fingerprint density at radius 2 is 1.62 bits per heavy atom. The van der Waals surface area contributed by atoms with E-state index in [0.29, 0.717) is 29.4 Å². The fourth-order valence-corrected chi connectivity index (χ4v) is 4.59. The molecule has 0 saturated carbocycles. The van der Waals surface area contributed by atoms with Crippen LogP contribution in [0.25, 0.3) is 11.3 Å². The number of nitrogens with one attached hydrogen (secondary N) is 2. The van der Waals surface area contributed by atoms with E-state index in [9.17, 15) is 9.59 Å². The minimum absolute atomic E-state index is 0.152. The van der Waals surface area contributed by atoms with Crippen molar-refractivity contribution in [1.82, 2.24) is 19.6 Å². The summed E-state index contributed by atoms with van der Waals surface area (Å²) in [4.78, 5) is 28.6. The number of benzene rings is 2. The molecule has 0 radical (unpaired) electrons. The summed E-state index contributed by atoms with van der Waals surface area (Å²) in [7, 11) is 3.30. The first-order valence-electron chi connectivity index (χ1n) is 13.0. The summed E-state index contributed by atoms with van der Waals surface area (Å²) in [5.41, 5.74) is 3.00. The number of methoxy groups -OCH3 is 1. The molecule has 2 heterocycles. The highest BCUT2D eigenvalue weighted by Gasteiger charge is 2.18. The molecule has 1 aromatic heterocycles. The van der Waals surface area contributed by atoms with E-state index in [1.807, 2.05) is 31.3 Å². The molecule has 0 spiro atoms. The van der Waals surface area contributed by atoms with E-state index in [4.69, 9.17) is 21.1 Å². The molecular weight excluding hydrogens is 520 g/mol. The lowest BCUT2D eigenvalue weighted by Gasteiger charge is -2.34. The van der Waals surface area contributed by atoms with Gasteiger partial charge in [-0.3, -0.25) is 14.4 Å². The molecule has 1 aliphatic rings. The highest BCUT2D eigenvalue weighted by molar-refractivity contribution is 6.30. The van der Waals surface area contributed by atoms with Crippen LogP contribution < -0.4 is 15.4 Å². The van der Waals surface area contributed by atoms with Gasteiger partial charge in [0.15, 0.2) is 0 Å². The van der Waals surface area contributed by atoms with Crippen LogP contribution in [0.2, 0.25) is 5.02 Å². The first-order chi connectivity index (χ1) is 18.9. The Balaban J connectivity index is 1.31. The summed E-state index contributed by atoms with van der Waals surface area (Å²) < 4.78 is 12.7. The zero-order valence-corrected chi connectivity index (χ0v) is 23.1. The van der Waals surface area contributed by atoms with Crippen molar-refractivity contribution >= 4 is 35.0 Å². The lowest BCUT2D eigenvalue weighted by molar-refractivity contribution is -0.140. The maximum Gasteiger partial charge on any atom is 0.323 e. The molecule has 1 saturated heterocycles. The van der Waals surface area contributed by atoms with Gasteiger partial charge in [-0.1, -0.05) is 11.6 Å². The predicted octanol–water partition coefficient (Wildman–Crippen LogP) is 4.33. The van der Waals surface area contributed by atoms with Crippen molar-refractivity contribution in [3.05, 3.63) is 59.8 Å². The van der Waals surface area contributed by atoms with E-state index < -0.39 is 0 Å². The van der Waals surface area contributed by atoms with Gasteiger partial charge in [0.2, 0.25) is 0 Å². The summed E-state index contributed by atoms with van der Waals surface area (Å²) in [6.07, 6.45) is 3.02. The van der Waals surface area contributed by atoms with Crippen LogP contribution in [0.4, 0.5) is 16.2 Å². The third-order valence-electron chi connectivity index (χ3n) is 6.65. The van der Waals surface area contributed by atoms with Gasteiger partial charge in [0.25, 0.3) is 0 Å². The van der Waals surface area contributed by atoms with Crippen LogP contribution in [0.15, 0.2) is 54.7 Å². The van der Waals surface area contributed by atoms with Crippen LogP contribution >= 0.6 is 11.6 Å². The number of aromatic nitrogens is 2. The van der Waals surface area contributed by atoms with Crippen LogP contribution in [0, 0.1) is 0 Å². The summed E-state index contributed by atoms with van der Waals surface area (Å²) in [5.74, 6) is 0.574. The third-order valence-corrected chi connectivity index (χ3v) is 6.90. The molecular formula is C28H35ClN6O4. The quantitative estimate of drug-likeness (QED) is 0.340. The fourth-order valence-electron chi connectivity index (χ4n) is 4.47. The van der Waals surface area contributed by atoms with Gasteiger partial charge in [-0.05, 0) is 61.5 Å². The number of halogens is 1. The smallest absolute Gasteiger partial charge is 0.323 e. The van der Waals surface area contributed by atoms with E-state index >= 15 is 0 Å². The van der Waals surface area contributed by atoms with Crippen molar-refractivity contribution < 1.29 is 19.1 Å². The number of carbonyl (C=O) groups excluding carboxylic acids is 2. The molecule has 11 heteroatoms. The van der Waals surface area contributed by atoms with Crippen molar-refractivity contribution in [2.75, 3.05) is 63.6 Å². The van der Waals surface area contributed by atoms with Crippen molar-refractivity contribution in [2.45, 2.75) is 12.8 Å². The van der Waals surface area contributed by atoms with Gasteiger partial charge in [-0.2, -0.15) is 5.10 Å². The van der Waals surface area contributed by atoms with E-state index in [1.54, 1.807) is 35.1 Å². The lowest BCUT2D eigenvalue weighted by atomic mass is 10.1. The average Bonchev–Trinajstić information content (AvgIpc) is 3.37. The number of nitrogens with zero attached hydrogens (tertiary/aromatic N) is 4. The first-order valence-corrected chi connectivity index (χ1v) is 13.4. The number of hydrogen-bond acceptors (Lipinski definition) is 7. The highest BCUT2D eigenvalue weighted by atomic mass is 35.5. The Morgan fingerprint density at radius 1 is 0.949 bits per heavy atom. The number of aryl methyl sites for hydroxylation is 1. The molecule has 1 aliphatic heterocycles. The predicted molar refractivity (Wildman–Crippen MR) is 152 cm³/mol. The monoisotopic (exact) mass is 554 g/mol. The third kappa shape index (κ3) is 8.44. The van der Waals surface area contributed by atoms with Gasteiger partial charge in [0.05, 0.1) is 12.8 Å². The van der Waals surface area contributed by atoms with Crippen LogP contribution in [0.1, 0.15) is 12.8 Å². The molecule has 2 N–H and O–H groups in total. The van der Waals surface area contributed by atoms with Crippen LogP contribution in [0.3, 0.4) is 0 Å². The molecule has 2 aromatic carbocycles. The van der Waals surface area contributed by atoms with E-state index in [-0.39, 0.29) is 12.0 Å². The Labute approximate surface area is 233 Å². The number of anilines is 2. The van der Waals surface area contributed by atoms with E-state index in [1.165, 1.54) is 7.11 Å². The minimum Gasteiger partial charge on any atom is -0.492 e. The summed E-state index contributed by atoms with van der Waals surface area (Å²) in [5, 5.41) is 10.6. The van der Waals surface area contributed by atoms with Gasteiger partial charge < -0.3 is 25.0 Å². The number of piperazine rings is 1. The van der Waals surface area contributed by atoms with Crippen LogP contribution in [-0.4, -0.2) is 84.6 Å². The van der Waals surface area contributed by atoms with Crippen molar-refractivity contribution in [1.29, 1.82) is 0 Å². The average molecular weight is 555 g/mol. The van der Waals surface area contributed by atoms with Crippen LogP contribution in [0.5, 0.6) is 5.75 Å². The number of rotatable bonds is 11. The SMILES string of the molecule is COC(=O)CCCN1CCN(CCOc2ccc(NC(=O)Nc3ccc(Cl)cc3)cc2-c2ccnn2C)CC1. The van der Waals surface area contributed by atoms with E-state index in [0.717, 1.165) is 62.7 Å². The molecule has 10 nitrogen and oxygen atoms in total. The summed E-state index contributed by atoms with van der Waals surface area (Å²) >= 11 is 5.92. The normalized spacial score (nSPS) is 14.1. The standard InChI is InChI=1S/C28H35ClN6O4/c1-33-25(11-12-30-33)24-20-23(32-28(37)31-22-7-5-21(29)6-8-22)9-10-26(24)39-19-18-35-16-14-34(15-17-35)13-3-4-27(36)38-2/h5-12,20H,3-4,13-19H2,1-2H3,(H2,31,32,37). The van der Waals surface area contributed by atoms with Crippen molar-refractivity contribution in [3.8, 4) is 17.0 Å². The Hall–Kier alpha value is -3.60. The van der Waals surface area contributed by atoms with Crippen LogP contribution in [-0.2, 0) is 16.6 Å². The lowest BCUT2D eigenvalue weighted by Crippen LogP contribution is -2.47. The largest absolute Gasteiger partial charge is 0.492 e. The topological polar surface area (TPSA) is 101 Å². The first kappa shape index (κ1) is 28.4. The number of carbonyl (C=O) groups is 2. The Morgan fingerprint density at radius 3 is 2.28 bits per heavy atom. The van der Waals surface area contributed by atoms with Gasteiger partial charge in [0, 0.05) is 74.3 Å². The highest BCUT2D eigenvalue weighted by Crippen LogP contribution is 2.32. The molecule has 0 atom stereocenters. The zero-order valence-electron chi connectivity index (χ0n) is 22.4. The zero-order chi connectivity index (χ0) is 27.6. The molecule has 2 amide bonds. The number of hydrogen-bond donors (Lipinski definition) is 2. The number of urea groups is 1. The van der Waals surface area contributed by atoms with Gasteiger partial charge >= 0.3 is 12.0 Å². The van der Waals surface area contributed by atoms with Gasteiger partial charge in [0.1, 0.15) is 12.4 Å². The summed E-state index contributed by atoms with van der Waals surface area (Å²) in [6, 6.07) is 14.1. The molecule has 0 aliphatic carbocycles. The Kier molecular flexibility index (Phi) is 10.2. The molecule has 0 unspecified atom stereocenters. The molecule has 39 heavy (non-hydrogen) atoms. The number of esters is 1. The molecule has 3 aromatic rings. The van der Waals surface area contributed by atoms with Gasteiger partial charge in [-0.25, -0.2) is 4.79 Å². The summed E-state index contributed by atoms with van der Waals surface area (Å²) in [6.45, 7) is 6.12. The van der Waals surface area contributed by atoms with E-state index in [2.05, 4.69) is 25.5 Å². The molecule has 4 rings (SSSR count). The van der Waals surface area contributed by atoms with Crippen molar-refractivity contribution in [2.24, 2.45) is 7.05 Å². The molecule has 0 bridgehead atoms. The second-order valence-corrected chi connectivity index (χ2v) is 9.78.